The number of nitrogens with one attached hydrogen (secondary N) is 2. The van der Waals surface area contributed by atoms with Crippen molar-refractivity contribution in [3.8, 4) is 0 Å². The topological polar surface area (TPSA) is 76.5 Å². The molecule has 0 radical (unpaired) electrons. The molecule has 0 aromatic carbocycles. The lowest BCUT2D eigenvalue weighted by Gasteiger charge is -2.29. The molecule has 0 spiro atoms. The largest absolute Gasteiger partial charge is 0.354 e. The van der Waals surface area contributed by atoms with Gasteiger partial charge in [-0.25, -0.2) is 4.68 Å². The normalized spacial score (nSPS) is 22.8. The molecule has 1 atom stereocenters. The summed E-state index contributed by atoms with van der Waals surface area (Å²) in [5.74, 6) is 1.58. The van der Waals surface area contributed by atoms with Gasteiger partial charge in [0.05, 0.1) is 0 Å². The summed E-state index contributed by atoms with van der Waals surface area (Å²) in [4.78, 5) is 6.81. The Hall–Kier alpha value is -1.38. The minimum Gasteiger partial charge on any atom is -0.354 e. The molecule has 0 aliphatic carbocycles. The maximum Gasteiger partial charge on any atom is 0.246 e. The fraction of sp³-hybridized carbons (Fsp3) is 0.833. The van der Waals surface area contributed by atoms with Crippen molar-refractivity contribution in [2.75, 3.05) is 57.2 Å². The summed E-state index contributed by atoms with van der Waals surface area (Å²) < 4.78 is 12.7. The highest BCUT2D eigenvalue weighted by molar-refractivity contribution is 5.39. The Bertz CT molecular complexity index is 441. The molecular weight excluding hydrogens is 260 g/mol. The van der Waals surface area contributed by atoms with Crippen LogP contribution in [0.2, 0.25) is 0 Å². The van der Waals surface area contributed by atoms with Gasteiger partial charge in [-0.2, -0.15) is 4.98 Å². The first-order valence-electron chi connectivity index (χ1n) is 7.05. The zero-order chi connectivity index (χ0) is 13.9. The molecule has 20 heavy (non-hydrogen) atoms. The molecule has 0 saturated carbocycles. The molecule has 1 aromatic heterocycles. The monoisotopic (exact) mass is 282 g/mol. The summed E-state index contributed by atoms with van der Waals surface area (Å²) >= 11 is 0. The first-order chi connectivity index (χ1) is 9.83. The summed E-state index contributed by atoms with van der Waals surface area (Å²) in [7, 11) is 3.31. The first kappa shape index (κ1) is 13.6. The number of fused-ring (bicyclic) bond motifs is 1. The van der Waals surface area contributed by atoms with Gasteiger partial charge in [-0.05, 0) is 6.42 Å². The maximum atomic E-state index is 5.39. The van der Waals surface area contributed by atoms with Gasteiger partial charge < -0.3 is 25.0 Å². The van der Waals surface area contributed by atoms with E-state index in [1.54, 1.807) is 14.2 Å². The molecule has 1 unspecified atom stereocenters. The van der Waals surface area contributed by atoms with Gasteiger partial charge in [-0.3, -0.25) is 0 Å². The average molecular weight is 282 g/mol. The highest BCUT2D eigenvalue weighted by Gasteiger charge is 2.31. The van der Waals surface area contributed by atoms with Crippen LogP contribution in [0.1, 0.15) is 12.5 Å². The van der Waals surface area contributed by atoms with Gasteiger partial charge in [0.15, 0.2) is 6.29 Å². The minimum absolute atomic E-state index is 0.0606. The number of hydrogen-bond donors (Lipinski definition) is 2. The second-order valence-electron chi connectivity index (χ2n) is 5.04. The smallest absolute Gasteiger partial charge is 0.246 e. The molecule has 2 N–H and O–H groups in total. The zero-order valence-corrected chi connectivity index (χ0v) is 12.0. The van der Waals surface area contributed by atoms with Gasteiger partial charge in [0.2, 0.25) is 11.9 Å². The molecule has 0 bridgehead atoms. The van der Waals surface area contributed by atoms with Crippen molar-refractivity contribution in [1.82, 2.24) is 20.1 Å². The Morgan fingerprint density at radius 2 is 1.95 bits per heavy atom. The fourth-order valence-corrected chi connectivity index (χ4v) is 2.78. The lowest BCUT2D eigenvalue weighted by molar-refractivity contribution is -0.135. The highest BCUT2D eigenvalue weighted by Crippen LogP contribution is 2.28. The van der Waals surface area contributed by atoms with Crippen LogP contribution < -0.4 is 15.5 Å². The van der Waals surface area contributed by atoms with E-state index in [0.717, 1.165) is 51.0 Å². The molecular formula is C12H22N6O2. The van der Waals surface area contributed by atoms with Gasteiger partial charge >= 0.3 is 0 Å². The molecule has 8 nitrogen and oxygen atoms in total. The van der Waals surface area contributed by atoms with Crippen LogP contribution in [0, 0.1) is 0 Å². The zero-order valence-electron chi connectivity index (χ0n) is 12.0. The van der Waals surface area contributed by atoms with Crippen molar-refractivity contribution in [2.24, 2.45) is 0 Å². The minimum atomic E-state index is -0.298. The quantitative estimate of drug-likeness (QED) is 0.732. The highest BCUT2D eigenvalue weighted by atomic mass is 16.7. The third kappa shape index (κ3) is 2.46. The first-order valence-corrected chi connectivity index (χ1v) is 7.05. The van der Waals surface area contributed by atoms with E-state index in [4.69, 9.17) is 9.47 Å². The summed E-state index contributed by atoms with van der Waals surface area (Å²) in [5.41, 5.74) is 0. The number of piperazine rings is 1. The van der Waals surface area contributed by atoms with E-state index in [2.05, 4.69) is 25.6 Å². The van der Waals surface area contributed by atoms with Crippen LogP contribution in [0.25, 0.3) is 0 Å². The third-order valence-corrected chi connectivity index (χ3v) is 3.84. The van der Waals surface area contributed by atoms with Crippen molar-refractivity contribution in [1.29, 1.82) is 0 Å². The van der Waals surface area contributed by atoms with E-state index in [0.29, 0.717) is 0 Å². The van der Waals surface area contributed by atoms with E-state index < -0.39 is 0 Å². The predicted octanol–water partition coefficient (Wildman–Crippen LogP) is -0.337. The van der Waals surface area contributed by atoms with Crippen molar-refractivity contribution < 1.29 is 9.47 Å². The number of nitrogens with zero attached hydrogens (tertiary/aromatic N) is 4. The summed E-state index contributed by atoms with van der Waals surface area (Å²) in [6, 6.07) is 0.0606. The molecule has 1 saturated heterocycles. The molecule has 3 heterocycles. The number of aromatic nitrogens is 3. The molecule has 112 valence electrons. The molecule has 8 heteroatoms. The Balaban J connectivity index is 1.84. The van der Waals surface area contributed by atoms with Gasteiger partial charge in [-0.15, -0.1) is 5.10 Å². The van der Waals surface area contributed by atoms with Gasteiger partial charge in [-0.1, -0.05) is 0 Å². The summed E-state index contributed by atoms with van der Waals surface area (Å²) in [6.45, 7) is 4.67. The molecule has 3 rings (SSSR count). The Labute approximate surface area is 118 Å². The van der Waals surface area contributed by atoms with E-state index in [1.165, 1.54) is 0 Å². The van der Waals surface area contributed by atoms with Crippen molar-refractivity contribution >= 4 is 11.9 Å². The van der Waals surface area contributed by atoms with Crippen LogP contribution in [0.4, 0.5) is 11.9 Å². The molecule has 1 aromatic rings. The van der Waals surface area contributed by atoms with E-state index in [1.807, 2.05) is 4.68 Å². The molecule has 2 aliphatic heterocycles. The number of ether oxygens (including phenoxy) is 2. The van der Waals surface area contributed by atoms with Crippen molar-refractivity contribution in [3.05, 3.63) is 0 Å². The van der Waals surface area contributed by atoms with E-state index >= 15 is 0 Å². The van der Waals surface area contributed by atoms with Gasteiger partial charge in [0.1, 0.15) is 6.04 Å². The van der Waals surface area contributed by atoms with Crippen molar-refractivity contribution in [2.45, 2.75) is 18.8 Å². The number of rotatable bonds is 4. The van der Waals surface area contributed by atoms with Crippen LogP contribution >= 0.6 is 0 Å². The Morgan fingerprint density at radius 3 is 2.65 bits per heavy atom. The lowest BCUT2D eigenvalue weighted by atomic mass is 10.2. The molecule has 1 fully saturated rings. The predicted molar refractivity (Wildman–Crippen MR) is 75.1 cm³/mol. The third-order valence-electron chi connectivity index (χ3n) is 3.84. The summed E-state index contributed by atoms with van der Waals surface area (Å²) in [5, 5.41) is 11.3. The number of hydrogen-bond acceptors (Lipinski definition) is 7. The van der Waals surface area contributed by atoms with Crippen LogP contribution in [0.15, 0.2) is 0 Å². The average Bonchev–Trinajstić information content (AvgIpc) is 2.94. The fourth-order valence-electron chi connectivity index (χ4n) is 2.78. The number of methoxy groups -OCH3 is 2. The molecule has 0 amide bonds. The van der Waals surface area contributed by atoms with Crippen LogP contribution in [-0.2, 0) is 9.47 Å². The standard InChI is InChI=1S/C12H22N6O2/c1-19-10(20-2)9-3-4-14-11-15-12(16-18(9)11)17-7-5-13-6-8-17/h9-10,13H,3-8H2,1-2H3,(H,14,15,16). The lowest BCUT2D eigenvalue weighted by Crippen LogP contribution is -2.44. The number of anilines is 2. The van der Waals surface area contributed by atoms with Gasteiger partial charge in [0.25, 0.3) is 0 Å². The van der Waals surface area contributed by atoms with Crippen LogP contribution in [0.3, 0.4) is 0 Å². The summed E-state index contributed by atoms with van der Waals surface area (Å²) in [6.07, 6.45) is 0.609. The van der Waals surface area contributed by atoms with Crippen molar-refractivity contribution in [3.63, 3.8) is 0 Å². The Kier molecular flexibility index (Phi) is 4.04. The Morgan fingerprint density at radius 1 is 1.20 bits per heavy atom. The maximum absolute atomic E-state index is 5.39. The van der Waals surface area contributed by atoms with Crippen LogP contribution in [-0.4, -0.2) is 68.0 Å². The second kappa shape index (κ2) is 5.94. The second-order valence-corrected chi connectivity index (χ2v) is 5.04. The van der Waals surface area contributed by atoms with Crippen LogP contribution in [0.5, 0.6) is 0 Å². The van der Waals surface area contributed by atoms with E-state index in [9.17, 15) is 0 Å². The SMILES string of the molecule is COC(OC)C1CCNc2nc(N3CCNCC3)nn21. The van der Waals surface area contributed by atoms with Gasteiger partial charge in [0, 0.05) is 46.9 Å². The van der Waals surface area contributed by atoms with E-state index in [-0.39, 0.29) is 12.3 Å². The molecule has 2 aliphatic rings.